The highest BCUT2D eigenvalue weighted by molar-refractivity contribution is 9.10. The van der Waals surface area contributed by atoms with E-state index in [0.717, 1.165) is 20.9 Å². The van der Waals surface area contributed by atoms with Gasteiger partial charge in [0, 0.05) is 44.8 Å². The average Bonchev–Trinajstić information content (AvgIpc) is 4.00. The molecule has 2 aromatic heterocycles. The summed E-state index contributed by atoms with van der Waals surface area (Å²) in [5, 5.41) is 5.36. The average molecular weight is 980 g/mol. The number of hydrogen-bond acceptors (Lipinski definition) is 8. The Morgan fingerprint density at radius 2 is 0.636 bits per heavy atom. The van der Waals surface area contributed by atoms with Gasteiger partial charge in [-0.3, -0.25) is 0 Å². The van der Waals surface area contributed by atoms with Crippen molar-refractivity contribution in [2.24, 2.45) is 0 Å². The third-order valence-corrected chi connectivity index (χ3v) is 17.3. The van der Waals surface area contributed by atoms with Gasteiger partial charge in [-0.2, -0.15) is 0 Å². The molecule has 0 amide bonds. The van der Waals surface area contributed by atoms with Crippen LogP contribution in [0.3, 0.4) is 0 Å². The van der Waals surface area contributed by atoms with Crippen LogP contribution in [0, 0.1) is 0 Å². The molecule has 3 aliphatic heterocycles. The van der Waals surface area contributed by atoms with Gasteiger partial charge >= 0.3 is 21.4 Å². The Hall–Kier alpha value is -3.81. The van der Waals surface area contributed by atoms with Crippen LogP contribution in [0.4, 0.5) is 0 Å². The maximum atomic E-state index is 6.17. The molecule has 0 saturated carbocycles. The van der Waals surface area contributed by atoms with Crippen LogP contribution in [0.2, 0.25) is 0 Å². The Bertz CT molecular complexity index is 2950. The summed E-state index contributed by atoms with van der Waals surface area (Å²) in [5.41, 5.74) is 3.55. The van der Waals surface area contributed by atoms with Gasteiger partial charge in [0.15, 0.2) is 0 Å². The molecule has 0 atom stereocenters. The van der Waals surface area contributed by atoms with E-state index in [1.54, 1.807) is 0 Å². The van der Waals surface area contributed by atoms with Crippen molar-refractivity contribution >= 4 is 117 Å². The van der Waals surface area contributed by atoms with Gasteiger partial charge in [-0.25, -0.2) is 0 Å². The van der Waals surface area contributed by atoms with Crippen LogP contribution in [0.15, 0.2) is 138 Å². The first-order chi connectivity index (χ1) is 31.0. The number of thiophene rings is 2. The van der Waals surface area contributed by atoms with Crippen LogP contribution in [-0.2, 0) is 27.9 Å². The minimum atomic E-state index is -0.345. The topological polar surface area (TPSA) is 55.4 Å². The first-order valence-corrected chi connectivity index (χ1v) is 25.2. The van der Waals surface area contributed by atoms with E-state index in [0.29, 0.717) is 0 Å². The van der Waals surface area contributed by atoms with E-state index in [-0.39, 0.29) is 55.0 Å². The van der Waals surface area contributed by atoms with Crippen molar-refractivity contribution in [2.75, 3.05) is 0 Å². The maximum Gasteiger partial charge on any atom is 0.494 e. The summed E-state index contributed by atoms with van der Waals surface area (Å²) in [5.74, 6) is 0. The highest BCUT2D eigenvalue weighted by Gasteiger charge is 2.54. The second-order valence-corrected chi connectivity index (χ2v) is 23.7. The Labute approximate surface area is 407 Å². The maximum absolute atomic E-state index is 6.17. The van der Waals surface area contributed by atoms with Gasteiger partial charge in [0.25, 0.3) is 0 Å². The monoisotopic (exact) mass is 978 g/mol. The Kier molecular flexibility index (Phi) is 12.4. The smallest absolute Gasteiger partial charge is 0.399 e. The normalized spacial score (nSPS) is 19.9. The lowest BCUT2D eigenvalue weighted by Crippen LogP contribution is -2.41. The molecular formula is C54H58B3BrO6S2. The highest BCUT2D eigenvalue weighted by Crippen LogP contribution is 2.40. The lowest BCUT2D eigenvalue weighted by Gasteiger charge is -2.32. The third-order valence-electron chi connectivity index (χ3n) is 14.5. The molecule has 11 rings (SSSR count). The molecule has 0 N–H and O–H groups in total. The molecule has 6 nitrogen and oxygen atoms in total. The first-order valence-electron chi connectivity index (χ1n) is 22.8. The van der Waals surface area contributed by atoms with Crippen molar-refractivity contribution in [1.29, 1.82) is 0 Å². The summed E-state index contributed by atoms with van der Waals surface area (Å²) in [4.78, 5) is 0. The van der Waals surface area contributed by atoms with E-state index in [4.69, 9.17) is 27.9 Å². The van der Waals surface area contributed by atoms with E-state index in [1.165, 1.54) is 51.5 Å². The molecule has 0 spiro atoms. The van der Waals surface area contributed by atoms with Crippen LogP contribution in [0.5, 0.6) is 0 Å². The largest absolute Gasteiger partial charge is 0.494 e. The second-order valence-electron chi connectivity index (χ2n) is 20.6. The number of fused-ring (bicyclic) bond motifs is 6. The molecular weight excluding hydrogens is 921 g/mol. The predicted octanol–water partition coefficient (Wildman–Crippen LogP) is 13.1. The van der Waals surface area contributed by atoms with E-state index in [9.17, 15) is 0 Å². The minimum absolute atomic E-state index is 0.317. The molecule has 338 valence electrons. The molecule has 3 fully saturated rings. The predicted molar refractivity (Wildman–Crippen MR) is 285 cm³/mol. The summed E-state index contributed by atoms with van der Waals surface area (Å²) in [6.07, 6.45) is 0. The van der Waals surface area contributed by atoms with Crippen LogP contribution in [0.1, 0.15) is 83.1 Å². The van der Waals surface area contributed by atoms with Crippen molar-refractivity contribution in [2.45, 2.75) is 117 Å². The van der Waals surface area contributed by atoms with Crippen molar-refractivity contribution < 1.29 is 27.9 Å². The summed E-state index contributed by atoms with van der Waals surface area (Å²) in [7, 11) is -1.01. The van der Waals surface area contributed by atoms with Gasteiger partial charge in [-0.05, 0) is 153 Å². The minimum Gasteiger partial charge on any atom is -0.399 e. The van der Waals surface area contributed by atoms with E-state index in [2.05, 4.69) is 208 Å². The van der Waals surface area contributed by atoms with Crippen molar-refractivity contribution in [3.8, 4) is 11.1 Å². The number of halogens is 1. The lowest BCUT2D eigenvalue weighted by atomic mass is 9.74. The summed E-state index contributed by atoms with van der Waals surface area (Å²) < 4.78 is 43.3. The molecule has 12 heteroatoms. The standard InChI is InChI=1S/C24H23BO2S.C18H28B2O4.C12H7BrS/c1-23(2)24(3,4)27-25(26-23)18-12-9-16(10-13-18)17-11-14-22-20(15-17)19-7-5-6-8-21(19)28-22;1-15(2)16(3,4)22-19(21-15)13-9-11-14(12-10-13)20-23-17(5,6)18(7,8)24-20;13-8-5-6-12-10(7-8)9-3-1-2-4-11(9)14-12/h5-15H,1-4H3;9-12H,1-8H3;1-7H. The van der Waals surface area contributed by atoms with E-state index >= 15 is 0 Å². The number of rotatable bonds is 4. The van der Waals surface area contributed by atoms with Gasteiger partial charge in [0.1, 0.15) is 0 Å². The third kappa shape index (κ3) is 8.99. The van der Waals surface area contributed by atoms with Gasteiger partial charge in [0.2, 0.25) is 0 Å². The Morgan fingerprint density at radius 1 is 0.333 bits per heavy atom. The fourth-order valence-electron chi connectivity index (χ4n) is 8.18. The Morgan fingerprint density at radius 3 is 1.03 bits per heavy atom. The van der Waals surface area contributed by atoms with E-state index in [1.807, 2.05) is 46.9 Å². The van der Waals surface area contributed by atoms with Gasteiger partial charge < -0.3 is 27.9 Å². The lowest BCUT2D eigenvalue weighted by molar-refractivity contribution is 0.00578. The zero-order chi connectivity index (χ0) is 47.0. The van der Waals surface area contributed by atoms with Crippen molar-refractivity contribution in [3.05, 3.63) is 138 Å². The van der Waals surface area contributed by atoms with Gasteiger partial charge in [-0.1, -0.05) is 107 Å². The molecule has 3 aliphatic rings. The fraction of sp³-hybridized carbons (Fsp3) is 0.333. The SMILES string of the molecule is Brc1ccc2sc3ccccc3c2c1.CC1(C)OB(c2ccc(-c3ccc4sc5ccccc5c4c3)cc2)OC1(C)C.CC1(C)OB(c2ccc(B3OC(C)(C)C(C)(C)O3)cc2)OC1(C)C. The molecule has 0 bridgehead atoms. The van der Waals surface area contributed by atoms with Gasteiger partial charge in [-0.15, -0.1) is 22.7 Å². The van der Waals surface area contributed by atoms with Crippen LogP contribution < -0.4 is 16.4 Å². The van der Waals surface area contributed by atoms with Crippen molar-refractivity contribution in [1.82, 2.24) is 0 Å². The molecule has 8 aromatic rings. The molecule has 6 aromatic carbocycles. The molecule has 0 radical (unpaired) electrons. The van der Waals surface area contributed by atoms with Crippen LogP contribution in [0.25, 0.3) is 51.5 Å². The summed E-state index contributed by atoms with van der Waals surface area (Å²) in [6, 6.07) is 47.0. The second kappa shape index (κ2) is 17.3. The summed E-state index contributed by atoms with van der Waals surface area (Å²) in [6.45, 7) is 24.8. The van der Waals surface area contributed by atoms with Crippen LogP contribution >= 0.6 is 38.6 Å². The summed E-state index contributed by atoms with van der Waals surface area (Å²) >= 11 is 7.21. The molecule has 0 aliphatic carbocycles. The first kappa shape index (κ1) is 47.3. The van der Waals surface area contributed by atoms with E-state index < -0.39 is 0 Å². The Balaban J connectivity index is 0.000000131. The van der Waals surface area contributed by atoms with Gasteiger partial charge in [0.05, 0.1) is 33.6 Å². The zero-order valence-electron chi connectivity index (χ0n) is 40.1. The quantitative estimate of drug-likeness (QED) is 0.164. The molecule has 5 heterocycles. The number of hydrogen-bond donors (Lipinski definition) is 0. The fourth-order valence-corrected chi connectivity index (χ4v) is 10.7. The molecule has 66 heavy (non-hydrogen) atoms. The molecule has 3 saturated heterocycles. The molecule has 0 unspecified atom stereocenters. The zero-order valence-corrected chi connectivity index (χ0v) is 43.3. The van der Waals surface area contributed by atoms with Crippen molar-refractivity contribution in [3.63, 3.8) is 0 Å². The van der Waals surface area contributed by atoms with Crippen LogP contribution in [-0.4, -0.2) is 55.0 Å². The highest BCUT2D eigenvalue weighted by atomic mass is 79.9. The number of benzene rings is 6.